The molecule has 0 saturated carbocycles. The SMILES string of the molecule is CCCc1noc(COc2ccc(CC(C)N)cc2F)n1. The minimum atomic E-state index is -0.415. The van der Waals surface area contributed by atoms with Crippen molar-refractivity contribution in [3.63, 3.8) is 0 Å². The van der Waals surface area contributed by atoms with Gasteiger partial charge in [0.25, 0.3) is 5.89 Å². The van der Waals surface area contributed by atoms with Crippen molar-refractivity contribution < 1.29 is 13.7 Å². The number of nitrogens with zero attached hydrogens (tertiary/aromatic N) is 2. The molecular weight excluding hydrogens is 273 g/mol. The van der Waals surface area contributed by atoms with Crippen LogP contribution in [-0.2, 0) is 19.4 Å². The summed E-state index contributed by atoms with van der Waals surface area (Å²) in [5, 5.41) is 3.81. The maximum Gasteiger partial charge on any atom is 0.264 e. The second-order valence-electron chi connectivity index (χ2n) is 5.09. The Morgan fingerprint density at radius 2 is 2.24 bits per heavy atom. The first-order valence-electron chi connectivity index (χ1n) is 7.06. The van der Waals surface area contributed by atoms with Crippen molar-refractivity contribution in [3.05, 3.63) is 41.3 Å². The molecule has 5 nitrogen and oxygen atoms in total. The molecule has 1 aromatic carbocycles. The number of aryl methyl sites for hydroxylation is 1. The molecule has 0 amide bonds. The number of hydrogen-bond acceptors (Lipinski definition) is 5. The summed E-state index contributed by atoms with van der Waals surface area (Å²) in [6.07, 6.45) is 2.32. The highest BCUT2D eigenvalue weighted by Crippen LogP contribution is 2.20. The van der Waals surface area contributed by atoms with E-state index in [-0.39, 0.29) is 18.4 Å². The number of rotatable bonds is 7. The molecule has 114 valence electrons. The van der Waals surface area contributed by atoms with E-state index in [1.54, 1.807) is 12.1 Å². The molecule has 0 spiro atoms. The molecule has 6 heteroatoms. The Balaban J connectivity index is 1.96. The van der Waals surface area contributed by atoms with Gasteiger partial charge in [-0.05, 0) is 37.5 Å². The van der Waals surface area contributed by atoms with Crippen LogP contribution < -0.4 is 10.5 Å². The summed E-state index contributed by atoms with van der Waals surface area (Å²) in [6, 6.07) is 4.83. The third-order valence-electron chi connectivity index (χ3n) is 2.89. The molecule has 0 aliphatic rings. The molecule has 2 N–H and O–H groups in total. The van der Waals surface area contributed by atoms with Crippen LogP contribution in [0.25, 0.3) is 0 Å². The van der Waals surface area contributed by atoms with Gasteiger partial charge in [0, 0.05) is 12.5 Å². The van der Waals surface area contributed by atoms with Crippen LogP contribution >= 0.6 is 0 Å². The standard InChI is InChI=1S/C15H20FN3O2/c1-3-4-14-18-15(21-19-14)9-20-13-6-5-11(7-10(2)17)8-12(13)16/h5-6,8,10H,3-4,7,9,17H2,1-2H3. The lowest BCUT2D eigenvalue weighted by Gasteiger charge is -2.08. The minimum Gasteiger partial charge on any atom is -0.481 e. The van der Waals surface area contributed by atoms with Crippen LogP contribution in [0, 0.1) is 5.82 Å². The Bertz CT molecular complexity index is 584. The Hall–Kier alpha value is -1.95. The van der Waals surface area contributed by atoms with Gasteiger partial charge in [-0.25, -0.2) is 4.39 Å². The average Bonchev–Trinajstić information content (AvgIpc) is 2.85. The predicted molar refractivity (Wildman–Crippen MR) is 76.4 cm³/mol. The van der Waals surface area contributed by atoms with Gasteiger partial charge in [-0.15, -0.1) is 0 Å². The van der Waals surface area contributed by atoms with E-state index in [1.807, 2.05) is 13.8 Å². The predicted octanol–water partition coefficient (Wildman–Crippen LogP) is 2.63. The summed E-state index contributed by atoms with van der Waals surface area (Å²) in [5.74, 6) is 0.737. The van der Waals surface area contributed by atoms with Gasteiger partial charge in [0.2, 0.25) is 0 Å². The summed E-state index contributed by atoms with van der Waals surface area (Å²) >= 11 is 0. The van der Waals surface area contributed by atoms with E-state index in [1.165, 1.54) is 6.07 Å². The van der Waals surface area contributed by atoms with Gasteiger partial charge in [0.1, 0.15) is 0 Å². The maximum atomic E-state index is 13.9. The fourth-order valence-corrected chi connectivity index (χ4v) is 1.97. The maximum absolute atomic E-state index is 13.9. The van der Waals surface area contributed by atoms with E-state index in [0.29, 0.717) is 18.1 Å². The van der Waals surface area contributed by atoms with Gasteiger partial charge >= 0.3 is 0 Å². The van der Waals surface area contributed by atoms with Crippen molar-refractivity contribution in [1.82, 2.24) is 10.1 Å². The number of ether oxygens (including phenoxy) is 1. The van der Waals surface area contributed by atoms with Crippen LogP contribution in [0.3, 0.4) is 0 Å². The Morgan fingerprint density at radius 1 is 1.43 bits per heavy atom. The molecule has 2 aromatic rings. The normalized spacial score (nSPS) is 12.4. The molecule has 0 saturated heterocycles. The number of hydrogen-bond donors (Lipinski definition) is 1. The number of aromatic nitrogens is 2. The Labute approximate surface area is 123 Å². The van der Waals surface area contributed by atoms with Gasteiger partial charge in [0.15, 0.2) is 24.0 Å². The highest BCUT2D eigenvalue weighted by molar-refractivity contribution is 5.29. The Morgan fingerprint density at radius 3 is 2.90 bits per heavy atom. The molecule has 1 unspecified atom stereocenters. The molecule has 0 aliphatic carbocycles. The topological polar surface area (TPSA) is 74.2 Å². The molecule has 21 heavy (non-hydrogen) atoms. The summed E-state index contributed by atoms with van der Waals surface area (Å²) < 4.78 is 24.3. The van der Waals surface area contributed by atoms with Gasteiger partial charge in [-0.2, -0.15) is 4.98 Å². The van der Waals surface area contributed by atoms with Crippen molar-refractivity contribution in [1.29, 1.82) is 0 Å². The van der Waals surface area contributed by atoms with Crippen molar-refractivity contribution in [2.75, 3.05) is 0 Å². The quantitative estimate of drug-likeness (QED) is 0.849. The molecule has 0 radical (unpaired) electrons. The molecule has 1 heterocycles. The summed E-state index contributed by atoms with van der Waals surface area (Å²) in [7, 11) is 0. The summed E-state index contributed by atoms with van der Waals surface area (Å²) in [5.41, 5.74) is 6.54. The van der Waals surface area contributed by atoms with Crippen LogP contribution in [0.5, 0.6) is 5.75 Å². The third-order valence-corrected chi connectivity index (χ3v) is 2.89. The first-order chi connectivity index (χ1) is 10.1. The first-order valence-corrected chi connectivity index (χ1v) is 7.06. The first kappa shape index (κ1) is 15.4. The number of nitrogens with two attached hydrogens (primary N) is 1. The lowest BCUT2D eigenvalue weighted by Crippen LogP contribution is -2.17. The molecule has 1 aromatic heterocycles. The lowest BCUT2D eigenvalue weighted by molar-refractivity contribution is 0.234. The lowest BCUT2D eigenvalue weighted by atomic mass is 10.1. The van der Waals surface area contributed by atoms with Gasteiger partial charge in [0.05, 0.1) is 0 Å². The highest BCUT2D eigenvalue weighted by atomic mass is 19.1. The summed E-state index contributed by atoms with van der Waals surface area (Å²) in [4.78, 5) is 4.16. The zero-order valence-electron chi connectivity index (χ0n) is 12.3. The van der Waals surface area contributed by atoms with E-state index < -0.39 is 5.82 Å². The zero-order valence-corrected chi connectivity index (χ0v) is 12.3. The van der Waals surface area contributed by atoms with E-state index in [2.05, 4.69) is 10.1 Å². The molecular formula is C15H20FN3O2. The van der Waals surface area contributed by atoms with Crippen LogP contribution in [0.2, 0.25) is 0 Å². The smallest absolute Gasteiger partial charge is 0.264 e. The van der Waals surface area contributed by atoms with Gasteiger partial charge in [-0.3, -0.25) is 0 Å². The van der Waals surface area contributed by atoms with E-state index >= 15 is 0 Å². The molecule has 1 atom stereocenters. The largest absolute Gasteiger partial charge is 0.481 e. The molecule has 0 fully saturated rings. The minimum absolute atomic E-state index is 0.00783. The van der Waals surface area contributed by atoms with Gasteiger partial charge < -0.3 is 15.0 Å². The van der Waals surface area contributed by atoms with Crippen LogP contribution in [0.4, 0.5) is 4.39 Å². The van der Waals surface area contributed by atoms with Gasteiger partial charge in [-0.1, -0.05) is 18.1 Å². The number of halogens is 1. The number of benzene rings is 1. The highest BCUT2D eigenvalue weighted by Gasteiger charge is 2.10. The summed E-state index contributed by atoms with van der Waals surface area (Å²) in [6.45, 7) is 3.97. The second kappa shape index (κ2) is 7.17. The van der Waals surface area contributed by atoms with Crippen molar-refractivity contribution in [3.8, 4) is 5.75 Å². The monoisotopic (exact) mass is 293 g/mol. The van der Waals surface area contributed by atoms with Crippen LogP contribution in [-0.4, -0.2) is 16.2 Å². The molecule has 0 aliphatic heterocycles. The Kier molecular flexibility index (Phi) is 5.27. The van der Waals surface area contributed by atoms with E-state index in [0.717, 1.165) is 18.4 Å². The van der Waals surface area contributed by atoms with Crippen LogP contribution in [0.1, 0.15) is 37.5 Å². The van der Waals surface area contributed by atoms with Crippen molar-refractivity contribution in [2.24, 2.45) is 5.73 Å². The van der Waals surface area contributed by atoms with Crippen molar-refractivity contribution in [2.45, 2.75) is 45.8 Å². The second-order valence-corrected chi connectivity index (χ2v) is 5.09. The van der Waals surface area contributed by atoms with Crippen LogP contribution in [0.15, 0.2) is 22.7 Å². The molecule has 0 bridgehead atoms. The average molecular weight is 293 g/mol. The van der Waals surface area contributed by atoms with E-state index in [9.17, 15) is 4.39 Å². The third kappa shape index (κ3) is 4.53. The molecule has 2 rings (SSSR count). The fraction of sp³-hybridized carbons (Fsp3) is 0.467. The van der Waals surface area contributed by atoms with Crippen molar-refractivity contribution >= 4 is 0 Å². The van der Waals surface area contributed by atoms with E-state index in [4.69, 9.17) is 15.0 Å². The zero-order chi connectivity index (χ0) is 15.2. The fourth-order valence-electron chi connectivity index (χ4n) is 1.97.